The fraction of sp³-hybridized carbons (Fsp3) is 0.333. The molecule has 6 nitrogen and oxygen atoms in total. The fourth-order valence-corrected chi connectivity index (χ4v) is 4.14. The zero-order valence-corrected chi connectivity index (χ0v) is 18.0. The second-order valence-corrected chi connectivity index (χ2v) is 8.31. The molecule has 1 atom stereocenters. The Kier molecular flexibility index (Phi) is 8.60. The first-order valence-electron chi connectivity index (χ1n) is 9.32. The third-order valence-corrected chi connectivity index (χ3v) is 5.58. The van der Waals surface area contributed by atoms with E-state index in [1.807, 2.05) is 50.3 Å². The Balaban J connectivity index is 1.97. The van der Waals surface area contributed by atoms with E-state index >= 15 is 0 Å². The molecule has 2 rings (SSSR count). The zero-order chi connectivity index (χ0) is 21.4. The highest BCUT2D eigenvalue weighted by Crippen LogP contribution is 2.32. The van der Waals surface area contributed by atoms with Gasteiger partial charge in [-0.1, -0.05) is 73.7 Å². The molecule has 29 heavy (non-hydrogen) atoms. The van der Waals surface area contributed by atoms with Crippen molar-refractivity contribution in [2.45, 2.75) is 39.2 Å². The summed E-state index contributed by atoms with van der Waals surface area (Å²) in [4.78, 5) is 37.8. The Hall–Kier alpha value is -2.45. The molecule has 0 aliphatic carbocycles. The van der Waals surface area contributed by atoms with Gasteiger partial charge in [0.1, 0.15) is 10.4 Å². The van der Waals surface area contributed by atoms with Crippen molar-refractivity contribution in [3.05, 3.63) is 52.4 Å². The number of allylic oxidation sites excluding steroid dienone is 2. The smallest absolute Gasteiger partial charge is 0.326 e. The molecule has 1 aromatic carbocycles. The van der Waals surface area contributed by atoms with Gasteiger partial charge in [-0.2, -0.15) is 0 Å². The molecule has 8 heteroatoms. The van der Waals surface area contributed by atoms with Crippen molar-refractivity contribution >= 4 is 52.2 Å². The normalized spacial score (nSPS) is 17.0. The van der Waals surface area contributed by atoms with E-state index < -0.39 is 17.9 Å². The first-order valence-corrected chi connectivity index (χ1v) is 10.5. The van der Waals surface area contributed by atoms with Crippen LogP contribution in [0.15, 0.2) is 46.9 Å². The molecule has 0 bridgehead atoms. The largest absolute Gasteiger partial charge is 0.480 e. The number of carboxylic acid groups (broad SMARTS) is 1. The van der Waals surface area contributed by atoms with Crippen LogP contribution in [0.4, 0.5) is 0 Å². The molecule has 1 aliphatic rings. The van der Waals surface area contributed by atoms with Crippen LogP contribution in [0.2, 0.25) is 0 Å². The molecular weight excluding hydrogens is 408 g/mol. The molecule has 154 valence electrons. The summed E-state index contributed by atoms with van der Waals surface area (Å²) in [5.41, 5.74) is 1.95. The molecule has 0 radical (unpaired) electrons. The van der Waals surface area contributed by atoms with E-state index in [1.54, 1.807) is 6.08 Å². The maximum Gasteiger partial charge on any atom is 0.326 e. The molecule has 1 aromatic rings. The number of hydrogen-bond donors (Lipinski definition) is 2. The van der Waals surface area contributed by atoms with Gasteiger partial charge in [0.05, 0.1) is 4.91 Å². The van der Waals surface area contributed by atoms with Crippen LogP contribution in [-0.4, -0.2) is 44.7 Å². The minimum atomic E-state index is -1.06. The molecule has 1 heterocycles. The number of rotatable bonds is 9. The van der Waals surface area contributed by atoms with Crippen LogP contribution in [0.5, 0.6) is 0 Å². The van der Waals surface area contributed by atoms with Crippen molar-refractivity contribution in [1.82, 2.24) is 10.2 Å². The van der Waals surface area contributed by atoms with Crippen LogP contribution in [-0.2, 0) is 14.4 Å². The summed E-state index contributed by atoms with van der Waals surface area (Å²) in [6.45, 7) is 3.88. The van der Waals surface area contributed by atoms with Crippen LogP contribution < -0.4 is 5.32 Å². The van der Waals surface area contributed by atoms with E-state index in [1.165, 1.54) is 16.7 Å². The molecule has 1 aliphatic heterocycles. The Morgan fingerprint density at radius 1 is 1.31 bits per heavy atom. The summed E-state index contributed by atoms with van der Waals surface area (Å²) in [5.74, 6) is -1.71. The molecule has 1 unspecified atom stereocenters. The van der Waals surface area contributed by atoms with E-state index in [4.69, 9.17) is 17.3 Å². The Bertz CT molecular complexity index is 849. The third-order valence-electron chi connectivity index (χ3n) is 4.20. The molecule has 2 amide bonds. The third kappa shape index (κ3) is 6.83. The lowest BCUT2D eigenvalue weighted by Gasteiger charge is -2.16. The summed E-state index contributed by atoms with van der Waals surface area (Å²) in [5, 5.41) is 11.6. The number of thioether (sulfide) groups is 1. The van der Waals surface area contributed by atoms with Crippen molar-refractivity contribution in [2.24, 2.45) is 0 Å². The van der Waals surface area contributed by atoms with Gasteiger partial charge < -0.3 is 10.4 Å². The number of aliphatic carboxylic acids is 1. The van der Waals surface area contributed by atoms with Gasteiger partial charge in [-0.25, -0.2) is 4.79 Å². The summed E-state index contributed by atoms with van der Waals surface area (Å²) in [7, 11) is 0. The number of nitrogens with zero attached hydrogens (tertiary/aromatic N) is 1. The maximum atomic E-state index is 12.6. The van der Waals surface area contributed by atoms with Crippen molar-refractivity contribution in [3.63, 3.8) is 0 Å². The highest BCUT2D eigenvalue weighted by Gasteiger charge is 2.32. The molecule has 0 saturated carbocycles. The SMILES string of the molecule is CCCC(NC(=O)CCN1C(=O)/C(=C\C(C)=C\c2ccccc2)SC1=S)C(=O)O. The van der Waals surface area contributed by atoms with Crippen LogP contribution in [0, 0.1) is 0 Å². The van der Waals surface area contributed by atoms with Crippen LogP contribution in [0.25, 0.3) is 6.08 Å². The van der Waals surface area contributed by atoms with Gasteiger partial charge >= 0.3 is 5.97 Å². The predicted octanol–water partition coefficient (Wildman–Crippen LogP) is 3.59. The number of carbonyl (C=O) groups is 3. The fourth-order valence-electron chi connectivity index (χ4n) is 2.78. The number of amides is 2. The first-order chi connectivity index (χ1) is 13.8. The van der Waals surface area contributed by atoms with E-state index in [2.05, 4.69) is 5.32 Å². The van der Waals surface area contributed by atoms with Gasteiger partial charge in [-0.15, -0.1) is 0 Å². The highest BCUT2D eigenvalue weighted by atomic mass is 32.2. The molecule has 0 spiro atoms. The molecule has 2 N–H and O–H groups in total. The lowest BCUT2D eigenvalue weighted by atomic mass is 10.1. The van der Waals surface area contributed by atoms with E-state index in [9.17, 15) is 14.4 Å². The maximum absolute atomic E-state index is 12.6. The van der Waals surface area contributed by atoms with Crippen molar-refractivity contribution in [1.29, 1.82) is 0 Å². The van der Waals surface area contributed by atoms with Crippen molar-refractivity contribution in [3.8, 4) is 0 Å². The van der Waals surface area contributed by atoms with E-state index in [0.29, 0.717) is 22.1 Å². The van der Waals surface area contributed by atoms with Gasteiger partial charge in [-0.05, 0) is 30.6 Å². The number of nitrogens with one attached hydrogen (secondary N) is 1. The number of carbonyl (C=O) groups excluding carboxylic acids is 2. The number of benzene rings is 1. The second-order valence-electron chi connectivity index (χ2n) is 6.63. The van der Waals surface area contributed by atoms with E-state index in [-0.39, 0.29) is 18.9 Å². The minimum Gasteiger partial charge on any atom is -0.480 e. The predicted molar refractivity (Wildman–Crippen MR) is 119 cm³/mol. The Morgan fingerprint density at radius 3 is 2.62 bits per heavy atom. The number of hydrogen-bond acceptors (Lipinski definition) is 5. The van der Waals surface area contributed by atoms with Crippen molar-refractivity contribution in [2.75, 3.05) is 6.54 Å². The number of thiocarbonyl (C=S) groups is 1. The average molecular weight is 433 g/mol. The lowest BCUT2D eigenvalue weighted by Crippen LogP contribution is -2.42. The molecule has 0 aromatic heterocycles. The van der Waals surface area contributed by atoms with Crippen molar-refractivity contribution < 1.29 is 19.5 Å². The average Bonchev–Trinajstić information content (AvgIpc) is 2.93. The van der Waals surface area contributed by atoms with Crippen LogP contribution in [0.3, 0.4) is 0 Å². The summed E-state index contributed by atoms with van der Waals surface area (Å²) >= 11 is 6.48. The number of carboxylic acids is 1. The Morgan fingerprint density at radius 2 is 2.00 bits per heavy atom. The van der Waals surface area contributed by atoms with Crippen LogP contribution >= 0.6 is 24.0 Å². The molecular formula is C21H24N2O4S2. The van der Waals surface area contributed by atoms with Gasteiger partial charge in [0.15, 0.2) is 0 Å². The Labute approximate surface area is 180 Å². The van der Waals surface area contributed by atoms with Gasteiger partial charge in [-0.3, -0.25) is 14.5 Å². The zero-order valence-electron chi connectivity index (χ0n) is 16.4. The standard InChI is InChI=1S/C21H24N2O4S2/c1-3-7-16(20(26)27)22-18(24)10-11-23-19(25)17(29-21(23)28)13-14(2)12-15-8-5-4-6-9-15/h4-6,8-9,12-13,16H,3,7,10-11H2,1-2H3,(H,22,24)(H,26,27)/b14-12+,17-13+. The lowest BCUT2D eigenvalue weighted by molar-refractivity contribution is -0.142. The molecule has 1 saturated heterocycles. The summed E-state index contributed by atoms with van der Waals surface area (Å²) in [6, 6.07) is 8.87. The highest BCUT2D eigenvalue weighted by molar-refractivity contribution is 8.26. The van der Waals surface area contributed by atoms with Gasteiger partial charge in [0.25, 0.3) is 5.91 Å². The van der Waals surface area contributed by atoms with Gasteiger partial charge in [0.2, 0.25) is 5.91 Å². The minimum absolute atomic E-state index is 0.00789. The van der Waals surface area contributed by atoms with E-state index in [0.717, 1.165) is 11.1 Å². The quantitative estimate of drug-likeness (QED) is 0.458. The topological polar surface area (TPSA) is 86.7 Å². The molecule has 1 fully saturated rings. The van der Waals surface area contributed by atoms with Gasteiger partial charge in [0, 0.05) is 13.0 Å². The summed E-state index contributed by atoms with van der Waals surface area (Å²) < 4.78 is 0.393. The second kappa shape index (κ2) is 10.9. The van der Waals surface area contributed by atoms with Crippen LogP contribution in [0.1, 0.15) is 38.7 Å². The first kappa shape index (κ1) is 22.8. The summed E-state index contributed by atoms with van der Waals surface area (Å²) in [6.07, 6.45) is 4.75. The monoisotopic (exact) mass is 432 g/mol.